The number of ketones is 1. The maximum atomic E-state index is 13.7. The van der Waals surface area contributed by atoms with Crippen LogP contribution in [0.4, 0.5) is 4.39 Å². The monoisotopic (exact) mass is 357 g/mol. The number of aromatic nitrogens is 2. The smallest absolute Gasteiger partial charge is 0.330 e. The van der Waals surface area contributed by atoms with Gasteiger partial charge in [-0.1, -0.05) is 30.3 Å². The Bertz CT molecular complexity index is 1050. The molecular weight excluding hydrogens is 345 g/mol. The van der Waals surface area contributed by atoms with Gasteiger partial charge in [-0.2, -0.15) is 4.39 Å². The SMILES string of the molecule is O=C(N[C@@H](C(=O)c1ccccc1)n1cc(F)c(=O)[nH]c1=O)c1ccco1. The summed E-state index contributed by atoms with van der Waals surface area (Å²) in [4.78, 5) is 50.1. The zero-order valence-corrected chi connectivity index (χ0v) is 13.1. The van der Waals surface area contributed by atoms with Crippen LogP contribution in [0.5, 0.6) is 0 Å². The lowest BCUT2D eigenvalue weighted by atomic mass is 10.1. The van der Waals surface area contributed by atoms with Gasteiger partial charge in [0.15, 0.2) is 11.9 Å². The topological polar surface area (TPSA) is 114 Å². The average molecular weight is 357 g/mol. The number of H-pyrrole nitrogens is 1. The van der Waals surface area contributed by atoms with Crippen LogP contribution in [-0.4, -0.2) is 21.2 Å². The Balaban J connectivity index is 2.06. The van der Waals surface area contributed by atoms with Gasteiger partial charge in [0.25, 0.3) is 11.5 Å². The van der Waals surface area contributed by atoms with Gasteiger partial charge in [-0.3, -0.25) is 23.9 Å². The van der Waals surface area contributed by atoms with Crippen molar-refractivity contribution < 1.29 is 18.4 Å². The van der Waals surface area contributed by atoms with E-state index in [1.165, 1.54) is 30.5 Å². The molecule has 132 valence electrons. The fourth-order valence-corrected chi connectivity index (χ4v) is 2.28. The molecular formula is C17H12FN3O5. The number of carbonyl (C=O) groups excluding carboxylic acids is 2. The van der Waals surface area contributed by atoms with E-state index in [0.29, 0.717) is 10.8 Å². The number of rotatable bonds is 5. The van der Waals surface area contributed by atoms with Gasteiger partial charge in [-0.25, -0.2) is 4.79 Å². The van der Waals surface area contributed by atoms with Crippen molar-refractivity contribution in [2.24, 2.45) is 0 Å². The minimum atomic E-state index is -1.59. The molecule has 8 nitrogen and oxygen atoms in total. The first-order valence-electron chi connectivity index (χ1n) is 7.42. The molecule has 3 rings (SSSR count). The highest BCUT2D eigenvalue weighted by molar-refractivity contribution is 6.02. The van der Waals surface area contributed by atoms with Gasteiger partial charge in [-0.05, 0) is 12.1 Å². The second-order valence-electron chi connectivity index (χ2n) is 5.23. The van der Waals surface area contributed by atoms with Gasteiger partial charge in [0.05, 0.1) is 12.5 Å². The molecule has 0 saturated heterocycles. The van der Waals surface area contributed by atoms with Crippen LogP contribution in [0.1, 0.15) is 27.1 Å². The number of carbonyl (C=O) groups is 2. The summed E-state index contributed by atoms with van der Waals surface area (Å²) in [7, 11) is 0. The van der Waals surface area contributed by atoms with E-state index in [0.717, 1.165) is 0 Å². The summed E-state index contributed by atoms with van der Waals surface area (Å²) in [6, 6.07) is 10.6. The summed E-state index contributed by atoms with van der Waals surface area (Å²) in [5.74, 6) is -2.85. The largest absolute Gasteiger partial charge is 0.459 e. The van der Waals surface area contributed by atoms with Gasteiger partial charge >= 0.3 is 5.69 Å². The molecule has 0 fully saturated rings. The molecule has 1 atom stereocenters. The van der Waals surface area contributed by atoms with Crippen LogP contribution >= 0.6 is 0 Å². The molecule has 2 aromatic heterocycles. The Morgan fingerprint density at radius 2 is 1.85 bits per heavy atom. The number of nitrogens with zero attached hydrogens (tertiary/aromatic N) is 1. The third kappa shape index (κ3) is 3.36. The van der Waals surface area contributed by atoms with Crippen LogP contribution in [0.2, 0.25) is 0 Å². The number of halogens is 1. The maximum Gasteiger partial charge on any atom is 0.330 e. The van der Waals surface area contributed by atoms with Gasteiger partial charge in [-0.15, -0.1) is 0 Å². The molecule has 1 aromatic carbocycles. The highest BCUT2D eigenvalue weighted by atomic mass is 19.1. The van der Waals surface area contributed by atoms with Crippen molar-refractivity contribution in [1.29, 1.82) is 0 Å². The van der Waals surface area contributed by atoms with Crippen molar-refractivity contribution in [2.45, 2.75) is 6.17 Å². The molecule has 0 spiro atoms. The van der Waals surface area contributed by atoms with Crippen LogP contribution < -0.4 is 16.6 Å². The second kappa shape index (κ2) is 7.01. The molecule has 9 heteroatoms. The lowest BCUT2D eigenvalue weighted by Crippen LogP contribution is -2.44. The molecule has 0 bridgehead atoms. The summed E-state index contributed by atoms with van der Waals surface area (Å²) >= 11 is 0. The number of furan rings is 1. The first-order chi connectivity index (χ1) is 12.5. The molecule has 0 aliphatic rings. The molecule has 2 heterocycles. The number of nitrogens with one attached hydrogen (secondary N) is 2. The Labute approximate surface area is 144 Å². The molecule has 1 amide bonds. The Morgan fingerprint density at radius 1 is 1.12 bits per heavy atom. The summed E-state index contributed by atoms with van der Waals surface area (Å²) < 4.78 is 19.2. The van der Waals surface area contributed by atoms with Crippen LogP contribution in [0.25, 0.3) is 0 Å². The highest BCUT2D eigenvalue weighted by Crippen LogP contribution is 2.12. The molecule has 2 N–H and O–H groups in total. The molecule has 3 aromatic rings. The number of hydrogen-bond donors (Lipinski definition) is 2. The molecule has 0 aliphatic carbocycles. The molecule has 26 heavy (non-hydrogen) atoms. The summed E-state index contributed by atoms with van der Waals surface area (Å²) in [5, 5.41) is 2.31. The van der Waals surface area contributed by atoms with Crippen LogP contribution in [0, 0.1) is 5.82 Å². The first kappa shape index (κ1) is 17.1. The Hall–Kier alpha value is -3.75. The molecule has 0 unspecified atom stereocenters. The van der Waals surface area contributed by atoms with E-state index in [-0.39, 0.29) is 11.3 Å². The van der Waals surface area contributed by atoms with Crippen molar-refractivity contribution >= 4 is 11.7 Å². The number of hydrogen-bond acceptors (Lipinski definition) is 5. The minimum absolute atomic E-state index is 0.103. The van der Waals surface area contributed by atoms with Crippen molar-refractivity contribution in [1.82, 2.24) is 14.9 Å². The summed E-state index contributed by atoms with van der Waals surface area (Å²) in [6.07, 6.45) is 0.234. The van der Waals surface area contributed by atoms with E-state index in [1.54, 1.807) is 23.2 Å². The van der Waals surface area contributed by atoms with Gasteiger partial charge < -0.3 is 9.73 Å². The second-order valence-corrected chi connectivity index (χ2v) is 5.23. The van der Waals surface area contributed by atoms with Crippen molar-refractivity contribution in [3.8, 4) is 0 Å². The van der Waals surface area contributed by atoms with Gasteiger partial charge in [0.2, 0.25) is 11.6 Å². The third-order valence-electron chi connectivity index (χ3n) is 3.52. The van der Waals surface area contributed by atoms with Crippen molar-refractivity contribution in [2.75, 3.05) is 0 Å². The number of aromatic amines is 1. The Morgan fingerprint density at radius 3 is 2.50 bits per heavy atom. The van der Waals surface area contributed by atoms with E-state index >= 15 is 0 Å². The number of amides is 1. The quantitative estimate of drug-likeness (QED) is 0.663. The minimum Gasteiger partial charge on any atom is -0.459 e. The van der Waals surface area contributed by atoms with E-state index in [4.69, 9.17) is 4.42 Å². The highest BCUT2D eigenvalue weighted by Gasteiger charge is 2.27. The first-order valence-corrected chi connectivity index (χ1v) is 7.42. The van der Waals surface area contributed by atoms with E-state index in [1.807, 2.05) is 0 Å². The zero-order valence-electron chi connectivity index (χ0n) is 13.1. The third-order valence-corrected chi connectivity index (χ3v) is 3.52. The Kier molecular flexibility index (Phi) is 4.61. The normalized spacial score (nSPS) is 11.7. The van der Waals surface area contributed by atoms with Gasteiger partial charge in [0, 0.05) is 5.56 Å². The zero-order chi connectivity index (χ0) is 18.7. The van der Waals surface area contributed by atoms with Crippen LogP contribution in [0.3, 0.4) is 0 Å². The molecule has 0 saturated carbocycles. The fraction of sp³-hybridized carbons (Fsp3) is 0.0588. The van der Waals surface area contributed by atoms with Crippen LogP contribution in [0.15, 0.2) is 68.9 Å². The molecule has 0 aliphatic heterocycles. The van der Waals surface area contributed by atoms with Crippen molar-refractivity contribution in [3.05, 3.63) is 92.9 Å². The fourth-order valence-electron chi connectivity index (χ4n) is 2.28. The predicted molar refractivity (Wildman–Crippen MR) is 87.3 cm³/mol. The molecule has 0 radical (unpaired) electrons. The van der Waals surface area contributed by atoms with Crippen molar-refractivity contribution in [3.63, 3.8) is 0 Å². The summed E-state index contributed by atoms with van der Waals surface area (Å²) in [5.41, 5.74) is -2.10. The van der Waals surface area contributed by atoms with E-state index < -0.39 is 34.9 Å². The summed E-state index contributed by atoms with van der Waals surface area (Å²) in [6.45, 7) is 0. The number of Topliss-reactive ketones (excluding diaryl/α,β-unsaturated/α-hetero) is 1. The average Bonchev–Trinajstić information content (AvgIpc) is 3.18. The lowest BCUT2D eigenvalue weighted by Gasteiger charge is -2.19. The standard InChI is InChI=1S/C17H12FN3O5/c18-11-9-21(17(25)20-15(11)23)14(13(22)10-5-2-1-3-6-10)19-16(24)12-7-4-8-26-12/h1-9,14H,(H,19,24)(H,20,23,25)/t14-/m1/s1. The van der Waals surface area contributed by atoms with E-state index in [2.05, 4.69) is 5.32 Å². The van der Waals surface area contributed by atoms with Crippen LogP contribution in [-0.2, 0) is 0 Å². The lowest BCUT2D eigenvalue weighted by molar-refractivity contribution is 0.0796. The van der Waals surface area contributed by atoms with E-state index in [9.17, 15) is 23.6 Å². The predicted octanol–water partition coefficient (Wildman–Crippen LogP) is 1.08. The maximum absolute atomic E-state index is 13.7. The van der Waals surface area contributed by atoms with Gasteiger partial charge in [0.1, 0.15) is 0 Å². The number of benzene rings is 1.